The van der Waals surface area contributed by atoms with Gasteiger partial charge in [0.25, 0.3) is 0 Å². The van der Waals surface area contributed by atoms with E-state index in [4.69, 9.17) is 16.3 Å². The zero-order chi connectivity index (χ0) is 17.7. The number of nitrogens with zero attached hydrogens (tertiary/aromatic N) is 2. The number of rotatable bonds is 7. The van der Waals surface area contributed by atoms with Gasteiger partial charge in [0, 0.05) is 29.2 Å². The summed E-state index contributed by atoms with van der Waals surface area (Å²) in [6.45, 7) is 10.7. The van der Waals surface area contributed by atoms with Gasteiger partial charge in [0.15, 0.2) is 0 Å². The first-order valence-corrected chi connectivity index (χ1v) is 8.41. The number of hydrogen-bond acceptors (Lipinski definition) is 3. The fourth-order valence-electron chi connectivity index (χ4n) is 2.79. The van der Waals surface area contributed by atoms with Gasteiger partial charge in [-0.05, 0) is 59.9 Å². The molecule has 0 aliphatic carbocycles. The summed E-state index contributed by atoms with van der Waals surface area (Å²) in [5.74, 6) is 0.920. The molecule has 4 nitrogen and oxygen atoms in total. The molecule has 0 N–H and O–H groups in total. The molecule has 1 amide bonds. The minimum Gasteiger partial charge on any atom is -0.496 e. The number of carbonyl (C=O) groups is 1. The third kappa shape index (κ3) is 5.11. The quantitative estimate of drug-likeness (QED) is 0.756. The number of methoxy groups -OCH3 is 1. The van der Waals surface area contributed by atoms with E-state index in [0.29, 0.717) is 11.6 Å². The van der Waals surface area contributed by atoms with Gasteiger partial charge < -0.3 is 9.64 Å². The van der Waals surface area contributed by atoms with Gasteiger partial charge in [-0.3, -0.25) is 9.69 Å². The van der Waals surface area contributed by atoms with E-state index in [-0.39, 0.29) is 24.0 Å². The molecule has 1 aromatic carbocycles. The highest BCUT2D eigenvalue weighted by Gasteiger charge is 2.27. The Kier molecular flexibility index (Phi) is 7.36. The minimum absolute atomic E-state index is 0.137. The summed E-state index contributed by atoms with van der Waals surface area (Å²) in [6.07, 6.45) is 0. The Labute approximate surface area is 145 Å². The number of ether oxygens (including phenoxy) is 1. The van der Waals surface area contributed by atoms with Gasteiger partial charge in [-0.25, -0.2) is 0 Å². The Morgan fingerprint density at radius 2 is 1.74 bits per heavy atom. The van der Waals surface area contributed by atoms with Crippen molar-refractivity contribution < 1.29 is 9.53 Å². The Hall–Kier alpha value is -1.26. The number of amides is 1. The Balaban J connectivity index is 2.90. The van der Waals surface area contributed by atoms with Crippen LogP contribution >= 0.6 is 11.6 Å². The topological polar surface area (TPSA) is 32.8 Å². The fraction of sp³-hybridized carbons (Fsp3) is 0.611. The van der Waals surface area contributed by atoms with Crippen molar-refractivity contribution in [2.45, 2.75) is 59.3 Å². The van der Waals surface area contributed by atoms with Crippen molar-refractivity contribution in [3.63, 3.8) is 0 Å². The molecule has 0 fully saturated rings. The average molecular weight is 341 g/mol. The van der Waals surface area contributed by atoms with Gasteiger partial charge in [-0.15, -0.1) is 0 Å². The molecule has 0 aliphatic heterocycles. The van der Waals surface area contributed by atoms with E-state index in [0.717, 1.165) is 11.3 Å². The van der Waals surface area contributed by atoms with Crippen LogP contribution in [0.4, 0.5) is 0 Å². The lowest BCUT2D eigenvalue weighted by Gasteiger charge is -2.36. The van der Waals surface area contributed by atoms with Gasteiger partial charge in [-0.1, -0.05) is 11.6 Å². The molecule has 23 heavy (non-hydrogen) atoms. The lowest BCUT2D eigenvalue weighted by Crippen LogP contribution is -2.50. The molecule has 0 heterocycles. The lowest BCUT2D eigenvalue weighted by atomic mass is 10.1. The van der Waals surface area contributed by atoms with Crippen LogP contribution in [0.5, 0.6) is 5.75 Å². The van der Waals surface area contributed by atoms with E-state index >= 15 is 0 Å². The predicted octanol–water partition coefficient (Wildman–Crippen LogP) is 3.81. The first kappa shape index (κ1) is 19.8. The standard InChI is InChI=1S/C18H29ClN2O2/c1-12(2)21(13(3)4)18(22)14(5)20(6)11-15-10-16(19)8-9-17(15)23-7/h8-10,12-14H,11H2,1-7H3. The number of likely N-dealkylation sites (N-methyl/N-ethyl adjacent to an activating group) is 1. The molecule has 0 saturated carbocycles. The molecule has 1 unspecified atom stereocenters. The van der Waals surface area contributed by atoms with Gasteiger partial charge in [-0.2, -0.15) is 0 Å². The molecule has 5 heteroatoms. The first-order chi connectivity index (χ1) is 10.7. The zero-order valence-corrected chi connectivity index (χ0v) is 16.0. The highest BCUT2D eigenvalue weighted by atomic mass is 35.5. The van der Waals surface area contributed by atoms with E-state index in [1.54, 1.807) is 13.2 Å². The summed E-state index contributed by atoms with van der Waals surface area (Å²) in [5.41, 5.74) is 0.975. The number of benzene rings is 1. The van der Waals surface area contributed by atoms with E-state index in [1.165, 1.54) is 0 Å². The van der Waals surface area contributed by atoms with Crippen LogP contribution in [0.15, 0.2) is 18.2 Å². The smallest absolute Gasteiger partial charge is 0.240 e. The monoisotopic (exact) mass is 340 g/mol. The van der Waals surface area contributed by atoms with Crippen LogP contribution in [-0.2, 0) is 11.3 Å². The van der Waals surface area contributed by atoms with E-state index in [9.17, 15) is 4.79 Å². The predicted molar refractivity (Wildman–Crippen MR) is 96.1 cm³/mol. The van der Waals surface area contributed by atoms with Crippen LogP contribution in [0.2, 0.25) is 5.02 Å². The van der Waals surface area contributed by atoms with Crippen molar-refractivity contribution in [3.8, 4) is 5.75 Å². The summed E-state index contributed by atoms with van der Waals surface area (Å²) in [4.78, 5) is 16.8. The third-order valence-electron chi connectivity index (χ3n) is 4.05. The van der Waals surface area contributed by atoms with E-state index < -0.39 is 0 Å². The van der Waals surface area contributed by atoms with Crippen molar-refractivity contribution in [3.05, 3.63) is 28.8 Å². The normalized spacial score (nSPS) is 12.8. The Bertz CT molecular complexity index is 524. The maximum atomic E-state index is 12.8. The lowest BCUT2D eigenvalue weighted by molar-refractivity contribution is -0.139. The third-order valence-corrected chi connectivity index (χ3v) is 4.28. The molecule has 0 bridgehead atoms. The maximum Gasteiger partial charge on any atom is 0.240 e. The zero-order valence-electron chi connectivity index (χ0n) is 15.3. The second-order valence-electron chi connectivity index (χ2n) is 6.48. The van der Waals surface area contributed by atoms with Gasteiger partial charge >= 0.3 is 0 Å². The Morgan fingerprint density at radius 1 is 1.17 bits per heavy atom. The highest BCUT2D eigenvalue weighted by molar-refractivity contribution is 6.30. The second-order valence-corrected chi connectivity index (χ2v) is 6.92. The van der Waals surface area contributed by atoms with Gasteiger partial charge in [0.2, 0.25) is 5.91 Å². The van der Waals surface area contributed by atoms with Crippen LogP contribution in [0.1, 0.15) is 40.2 Å². The van der Waals surface area contributed by atoms with Crippen molar-refractivity contribution >= 4 is 17.5 Å². The summed E-state index contributed by atoms with van der Waals surface area (Å²) in [6, 6.07) is 5.68. The molecule has 130 valence electrons. The highest BCUT2D eigenvalue weighted by Crippen LogP contribution is 2.24. The molecular weight excluding hydrogens is 312 g/mol. The summed E-state index contributed by atoms with van der Waals surface area (Å²) in [7, 11) is 3.59. The minimum atomic E-state index is -0.219. The van der Waals surface area contributed by atoms with E-state index in [1.807, 2.05) is 63.6 Å². The number of carbonyl (C=O) groups excluding carboxylic acids is 1. The van der Waals surface area contributed by atoms with Crippen molar-refractivity contribution in [1.29, 1.82) is 0 Å². The molecule has 1 rings (SSSR count). The van der Waals surface area contributed by atoms with Crippen molar-refractivity contribution in [2.75, 3.05) is 14.2 Å². The average Bonchev–Trinajstić information content (AvgIpc) is 2.45. The molecule has 0 saturated heterocycles. The van der Waals surface area contributed by atoms with Crippen molar-refractivity contribution in [2.24, 2.45) is 0 Å². The van der Waals surface area contributed by atoms with E-state index in [2.05, 4.69) is 0 Å². The fourth-order valence-corrected chi connectivity index (χ4v) is 2.98. The summed E-state index contributed by atoms with van der Waals surface area (Å²) in [5, 5.41) is 0.666. The van der Waals surface area contributed by atoms with Crippen LogP contribution in [0.3, 0.4) is 0 Å². The van der Waals surface area contributed by atoms with Gasteiger partial charge in [0.1, 0.15) is 5.75 Å². The SMILES string of the molecule is COc1ccc(Cl)cc1CN(C)C(C)C(=O)N(C(C)C)C(C)C. The maximum absolute atomic E-state index is 12.8. The molecule has 0 spiro atoms. The second kappa shape index (κ2) is 8.55. The van der Waals surface area contributed by atoms with Crippen LogP contribution < -0.4 is 4.74 Å². The number of halogens is 1. The molecule has 0 aliphatic rings. The largest absolute Gasteiger partial charge is 0.496 e. The molecule has 1 aromatic rings. The molecular formula is C18H29ClN2O2. The molecule has 0 radical (unpaired) electrons. The first-order valence-electron chi connectivity index (χ1n) is 8.03. The summed E-state index contributed by atoms with van der Waals surface area (Å²) < 4.78 is 5.38. The van der Waals surface area contributed by atoms with Crippen LogP contribution in [0.25, 0.3) is 0 Å². The van der Waals surface area contributed by atoms with Crippen molar-refractivity contribution in [1.82, 2.24) is 9.80 Å². The van der Waals surface area contributed by atoms with Crippen LogP contribution in [0, 0.1) is 0 Å². The Morgan fingerprint density at radius 3 is 2.22 bits per heavy atom. The van der Waals surface area contributed by atoms with Gasteiger partial charge in [0.05, 0.1) is 13.2 Å². The molecule has 1 atom stereocenters. The summed E-state index contributed by atoms with van der Waals surface area (Å²) >= 11 is 6.08. The molecule has 0 aromatic heterocycles. The van der Waals surface area contributed by atoms with Crippen LogP contribution in [-0.4, -0.2) is 48.0 Å². The number of hydrogen-bond donors (Lipinski definition) is 0.